The molecule has 7 rings (SSSR count). The number of hydrogen-bond donors (Lipinski definition) is 4. The number of rotatable bonds is 9. The van der Waals surface area contributed by atoms with Crippen LogP contribution in [0.1, 0.15) is 138 Å². The first-order valence-corrected chi connectivity index (χ1v) is 20.8. The molecule has 1 heterocycles. The summed E-state index contributed by atoms with van der Waals surface area (Å²) in [5.74, 6) is -0.415. The third-order valence-electron chi connectivity index (χ3n) is 17.6. The summed E-state index contributed by atoms with van der Waals surface area (Å²) >= 11 is 0. The van der Waals surface area contributed by atoms with Gasteiger partial charge in [-0.15, -0.1) is 0 Å². The van der Waals surface area contributed by atoms with Crippen LogP contribution in [0.25, 0.3) is 0 Å². The van der Waals surface area contributed by atoms with Crippen LogP contribution >= 0.6 is 0 Å². The van der Waals surface area contributed by atoms with Crippen molar-refractivity contribution in [3.05, 3.63) is 28.6 Å². The van der Waals surface area contributed by atoms with Gasteiger partial charge < -0.3 is 20.3 Å². The predicted molar refractivity (Wildman–Crippen MR) is 203 cm³/mol. The Balaban J connectivity index is 1.13. The van der Waals surface area contributed by atoms with Crippen LogP contribution in [0.2, 0.25) is 0 Å². The monoisotopic (exact) mass is 734 g/mol. The van der Waals surface area contributed by atoms with Gasteiger partial charge in [-0.25, -0.2) is 0 Å². The number of allylic oxidation sites excluding steroid dienone is 1. The number of nitrogens with one attached hydrogen (secondary N) is 2. The molecule has 0 bridgehead atoms. The van der Waals surface area contributed by atoms with Crippen molar-refractivity contribution in [3.8, 4) is 0 Å². The molecule has 294 valence electrons. The Bertz CT molecular complexity index is 1690. The van der Waals surface area contributed by atoms with Crippen molar-refractivity contribution in [2.24, 2.45) is 68.0 Å². The molecule has 1 aromatic heterocycles. The highest BCUT2D eigenvalue weighted by atomic mass is 16.5. The first kappa shape index (κ1) is 38.7. The number of carboxylic acid groups (broad SMARTS) is 1. The van der Waals surface area contributed by atoms with E-state index in [-0.39, 0.29) is 57.3 Å². The number of nitrogens with zero attached hydrogens (tertiary/aromatic N) is 1. The number of aliphatic carboxylic acids is 1. The average Bonchev–Trinajstić information content (AvgIpc) is 3.61. The summed E-state index contributed by atoms with van der Waals surface area (Å²) in [4.78, 5) is 39.4. The highest BCUT2D eigenvalue weighted by molar-refractivity contribution is 6.00. The zero-order valence-corrected chi connectivity index (χ0v) is 34.2. The van der Waals surface area contributed by atoms with Gasteiger partial charge in [-0.1, -0.05) is 67.9 Å². The Morgan fingerprint density at radius 2 is 1.66 bits per heavy atom. The first-order chi connectivity index (χ1) is 24.6. The molecule has 0 saturated heterocycles. The summed E-state index contributed by atoms with van der Waals surface area (Å²) in [6.07, 6.45) is 7.90. The van der Waals surface area contributed by atoms with Crippen LogP contribution in [0.5, 0.6) is 0 Å². The maximum atomic E-state index is 14.0. The maximum absolute atomic E-state index is 14.0. The summed E-state index contributed by atoms with van der Waals surface area (Å²) < 4.78 is 6.41. The van der Waals surface area contributed by atoms with E-state index in [9.17, 15) is 24.6 Å². The van der Waals surface area contributed by atoms with Gasteiger partial charge in [0.25, 0.3) is 0 Å². The fraction of sp³-hybridized carbons (Fsp3) is 0.818. The van der Waals surface area contributed by atoms with E-state index in [0.717, 1.165) is 68.3 Å². The molecule has 1 aromatic rings. The minimum Gasteiger partial charge on any atom is -0.481 e. The number of ether oxygens (including phenoxy) is 1. The maximum Gasteiger partial charge on any atom is 0.309 e. The van der Waals surface area contributed by atoms with Crippen LogP contribution in [-0.2, 0) is 25.7 Å². The van der Waals surface area contributed by atoms with Crippen molar-refractivity contribution >= 4 is 17.7 Å². The number of carbonyl (C=O) groups is 3. The molecule has 11 atom stereocenters. The van der Waals surface area contributed by atoms with E-state index in [2.05, 4.69) is 64.0 Å². The second-order valence-electron chi connectivity index (χ2n) is 20.8. The molecule has 5 saturated carbocycles. The van der Waals surface area contributed by atoms with Crippen molar-refractivity contribution < 1.29 is 29.3 Å². The lowest BCUT2D eigenvalue weighted by Gasteiger charge is -2.72. The van der Waals surface area contributed by atoms with E-state index >= 15 is 0 Å². The lowest BCUT2D eigenvalue weighted by molar-refractivity contribution is -0.238. The summed E-state index contributed by atoms with van der Waals surface area (Å²) in [6.45, 7) is 23.4. The molecule has 9 heteroatoms. The van der Waals surface area contributed by atoms with Crippen LogP contribution in [0.15, 0.2) is 17.2 Å². The molecular formula is C44H67N3O6. The number of aromatic nitrogens is 2. The van der Waals surface area contributed by atoms with E-state index in [1.807, 2.05) is 26.8 Å². The van der Waals surface area contributed by atoms with E-state index in [0.29, 0.717) is 37.8 Å². The Labute approximate surface area is 317 Å². The quantitative estimate of drug-likeness (QED) is 0.189. The third kappa shape index (κ3) is 5.49. The largest absolute Gasteiger partial charge is 0.481 e. The third-order valence-corrected chi connectivity index (χ3v) is 17.6. The normalized spacial score (nSPS) is 41.8. The molecule has 4 N–H and O–H groups in total. The number of carboxylic acids is 1. The smallest absolute Gasteiger partial charge is 0.309 e. The van der Waals surface area contributed by atoms with Crippen molar-refractivity contribution in [1.82, 2.24) is 15.5 Å². The van der Waals surface area contributed by atoms with E-state index in [4.69, 9.17) is 4.74 Å². The minimum absolute atomic E-state index is 0.00282. The van der Waals surface area contributed by atoms with Gasteiger partial charge in [-0.3, -0.25) is 19.5 Å². The van der Waals surface area contributed by atoms with Gasteiger partial charge in [0.1, 0.15) is 6.10 Å². The Morgan fingerprint density at radius 3 is 2.28 bits per heavy atom. The summed E-state index contributed by atoms with van der Waals surface area (Å²) in [6, 6.07) is 2.02. The molecule has 9 nitrogen and oxygen atoms in total. The van der Waals surface area contributed by atoms with Crippen molar-refractivity contribution in [2.75, 3.05) is 6.54 Å². The van der Waals surface area contributed by atoms with Gasteiger partial charge in [-0.05, 0) is 122 Å². The number of Topliss-reactive ketones (excluding diaryl/α,β-unsaturated/α-hetero) is 1. The van der Waals surface area contributed by atoms with Gasteiger partial charge in [0.15, 0.2) is 5.78 Å². The van der Waals surface area contributed by atoms with Gasteiger partial charge in [0.2, 0.25) is 0 Å². The Hall–Kier alpha value is -2.52. The molecule has 0 aromatic carbocycles. The molecule has 6 aliphatic carbocycles. The van der Waals surface area contributed by atoms with Crippen molar-refractivity contribution in [3.63, 3.8) is 0 Å². The van der Waals surface area contributed by atoms with Crippen molar-refractivity contribution in [2.45, 2.75) is 152 Å². The summed E-state index contributed by atoms with van der Waals surface area (Å²) in [5.41, 5.74) is 3.04. The summed E-state index contributed by atoms with van der Waals surface area (Å²) in [5, 5.41) is 32.6. The Kier molecular flexibility index (Phi) is 9.32. The number of ketones is 1. The molecule has 53 heavy (non-hydrogen) atoms. The number of carbonyl (C=O) groups excluding carboxylic acids is 2. The zero-order valence-electron chi connectivity index (χ0n) is 34.2. The molecule has 0 aliphatic heterocycles. The van der Waals surface area contributed by atoms with Crippen LogP contribution in [0.3, 0.4) is 0 Å². The summed E-state index contributed by atoms with van der Waals surface area (Å²) in [7, 11) is 0. The number of aliphatic hydroxyl groups is 1. The second-order valence-corrected chi connectivity index (χ2v) is 20.8. The predicted octanol–water partition coefficient (Wildman–Crippen LogP) is 7.81. The molecule has 5 fully saturated rings. The van der Waals surface area contributed by atoms with Gasteiger partial charge in [0.05, 0.1) is 23.6 Å². The van der Waals surface area contributed by atoms with Gasteiger partial charge >= 0.3 is 11.9 Å². The van der Waals surface area contributed by atoms with Crippen LogP contribution in [0, 0.1) is 74.9 Å². The molecule has 0 spiro atoms. The number of aromatic amines is 1. The number of esters is 1. The topological polar surface area (TPSA) is 142 Å². The SMILES string of the molecule is Cc1cc(CNC[C@H](O)[C@@]23CC[C@]4(C)[C@H](CC[C@H]5C4(C)CC[C@H]4C(C)(C)[C@@H](OC(=O)[C@H]6C[C@@H](C(=O)O)C6(C)C)CC[C@@]45C)C2=C(C(C)C)C(=O)C3)n[nH]1. The van der Waals surface area contributed by atoms with E-state index < -0.39 is 28.8 Å². The van der Waals surface area contributed by atoms with Crippen molar-refractivity contribution in [1.29, 1.82) is 0 Å². The van der Waals surface area contributed by atoms with E-state index in [1.54, 1.807) is 0 Å². The molecule has 6 aliphatic rings. The molecule has 0 radical (unpaired) electrons. The Morgan fingerprint density at radius 1 is 0.943 bits per heavy atom. The molecular weight excluding hydrogens is 666 g/mol. The first-order valence-electron chi connectivity index (χ1n) is 20.8. The lowest BCUT2D eigenvalue weighted by Crippen LogP contribution is -2.66. The standard InChI is InChI=1S/C44H67N3O6/c1-24(2)35-30(48)21-44(33(49)23-45-22-26-19-25(3)46-47-26)18-17-42(9)27(36(35)44)11-12-32-41(8)15-14-34(40(6,7)31(41)13-16-43(32,42)10)53-38(52)29-20-28(37(50)51)39(29,4)5/h19,24,27-29,31-34,45,49H,11-18,20-23H2,1-10H3,(H,46,47)(H,50,51)/t27-,28+,29-,31+,32-,33+,34+,41+,42-,43?,44+/m1/s1. The van der Waals surface area contributed by atoms with Gasteiger partial charge in [-0.2, -0.15) is 5.10 Å². The second kappa shape index (κ2) is 12.8. The lowest BCUT2D eigenvalue weighted by atomic mass is 9.33. The fourth-order valence-corrected chi connectivity index (χ4v) is 14.3. The number of hydrogen-bond acceptors (Lipinski definition) is 7. The highest BCUT2D eigenvalue weighted by Crippen LogP contribution is 2.77. The minimum atomic E-state index is -0.828. The van der Waals surface area contributed by atoms with Gasteiger partial charge in [0, 0.05) is 36.0 Å². The van der Waals surface area contributed by atoms with Crippen LogP contribution in [-0.4, -0.2) is 56.9 Å². The molecule has 0 amide bonds. The number of aliphatic hydroxyl groups excluding tert-OH is 1. The number of aryl methyl sites for hydroxylation is 1. The van der Waals surface area contributed by atoms with E-state index in [1.165, 1.54) is 5.57 Å². The highest BCUT2D eigenvalue weighted by Gasteiger charge is 2.71. The van der Waals surface area contributed by atoms with Crippen LogP contribution < -0.4 is 5.32 Å². The number of H-pyrrole nitrogens is 1. The fourth-order valence-electron chi connectivity index (χ4n) is 14.3. The zero-order chi connectivity index (χ0) is 38.7. The van der Waals surface area contributed by atoms with Crippen LogP contribution in [0.4, 0.5) is 0 Å². The average molecular weight is 734 g/mol. The molecule has 1 unspecified atom stereocenters. The number of fused-ring (bicyclic) bond motifs is 7.